The van der Waals surface area contributed by atoms with Crippen molar-refractivity contribution in [2.24, 2.45) is 5.92 Å². The molecule has 1 aromatic carbocycles. The molecule has 2 aromatic rings. The fourth-order valence-corrected chi connectivity index (χ4v) is 4.63. The second-order valence-electron chi connectivity index (χ2n) is 7.44. The summed E-state index contributed by atoms with van der Waals surface area (Å²) in [6.45, 7) is 5.63. The van der Waals surface area contributed by atoms with Gasteiger partial charge in [-0.3, -0.25) is 14.7 Å². The second kappa shape index (κ2) is 7.31. The zero-order valence-electron chi connectivity index (χ0n) is 16.1. The van der Waals surface area contributed by atoms with Gasteiger partial charge in [0.1, 0.15) is 11.9 Å². The van der Waals surface area contributed by atoms with Crippen LogP contribution in [0.3, 0.4) is 0 Å². The van der Waals surface area contributed by atoms with E-state index in [1.54, 1.807) is 13.3 Å². The Bertz CT molecular complexity index is 892. The number of nitrogens with zero attached hydrogens (tertiary/aromatic N) is 2. The van der Waals surface area contributed by atoms with Crippen molar-refractivity contribution in [2.45, 2.75) is 38.8 Å². The minimum atomic E-state index is -0.304. The Morgan fingerprint density at radius 3 is 2.89 bits per heavy atom. The molecular weight excluding hydrogens is 340 g/mol. The average molecular weight is 366 g/mol. The minimum absolute atomic E-state index is 0.188. The van der Waals surface area contributed by atoms with Crippen molar-refractivity contribution < 1.29 is 14.3 Å². The van der Waals surface area contributed by atoms with Crippen LogP contribution in [0.1, 0.15) is 38.4 Å². The summed E-state index contributed by atoms with van der Waals surface area (Å²) in [5.74, 6) is 1.12. The molecule has 2 unspecified atom stereocenters. The van der Waals surface area contributed by atoms with E-state index >= 15 is 0 Å². The van der Waals surface area contributed by atoms with Crippen molar-refractivity contribution in [3.05, 3.63) is 47.7 Å². The standard InChI is InChI=1S/C22H26N2O3/c1-4-15-13-24-10-8-16(15)11-21(24)22(27-14(2)25)18-7-9-23-20-6-5-17(26-3)12-19(18)20/h4-7,9,12,16,21-22H,8,10-11,13H2,1-3H3/b15-4+/t16?,21-,22+/m0/s1. The van der Waals surface area contributed by atoms with Gasteiger partial charge in [0, 0.05) is 30.6 Å². The van der Waals surface area contributed by atoms with Crippen LogP contribution in [0.5, 0.6) is 5.75 Å². The lowest BCUT2D eigenvalue weighted by Crippen LogP contribution is -2.53. The third-order valence-corrected chi connectivity index (χ3v) is 5.97. The molecule has 0 amide bonds. The Morgan fingerprint density at radius 1 is 1.37 bits per heavy atom. The number of piperidine rings is 3. The summed E-state index contributed by atoms with van der Waals surface area (Å²) >= 11 is 0. The molecule has 3 aliphatic rings. The fourth-order valence-electron chi connectivity index (χ4n) is 4.63. The number of aromatic nitrogens is 1. The monoisotopic (exact) mass is 366 g/mol. The van der Waals surface area contributed by atoms with Crippen LogP contribution in [-0.2, 0) is 9.53 Å². The first kappa shape index (κ1) is 18.0. The van der Waals surface area contributed by atoms with Gasteiger partial charge in [-0.05, 0) is 56.5 Å². The fraction of sp³-hybridized carbons (Fsp3) is 0.455. The lowest BCUT2D eigenvalue weighted by Gasteiger charge is -2.49. The van der Waals surface area contributed by atoms with Gasteiger partial charge in [0.2, 0.25) is 0 Å². The van der Waals surface area contributed by atoms with Crippen LogP contribution in [0.25, 0.3) is 10.9 Å². The Balaban J connectivity index is 1.78. The number of hydrogen-bond acceptors (Lipinski definition) is 5. The summed E-state index contributed by atoms with van der Waals surface area (Å²) in [7, 11) is 1.66. The van der Waals surface area contributed by atoms with E-state index in [1.165, 1.54) is 18.9 Å². The Hall–Kier alpha value is -2.40. The first-order valence-corrected chi connectivity index (χ1v) is 9.59. The van der Waals surface area contributed by atoms with Crippen molar-refractivity contribution >= 4 is 16.9 Å². The smallest absolute Gasteiger partial charge is 0.303 e. The maximum absolute atomic E-state index is 12.0. The third-order valence-electron chi connectivity index (χ3n) is 5.97. The molecule has 0 saturated carbocycles. The highest BCUT2D eigenvalue weighted by molar-refractivity contribution is 5.84. The van der Waals surface area contributed by atoms with E-state index in [9.17, 15) is 4.79 Å². The molecule has 0 N–H and O–H groups in total. The van der Waals surface area contributed by atoms with Crippen LogP contribution >= 0.6 is 0 Å². The average Bonchev–Trinajstić information content (AvgIpc) is 2.71. The minimum Gasteiger partial charge on any atom is -0.497 e. The van der Waals surface area contributed by atoms with Crippen molar-refractivity contribution in [1.82, 2.24) is 9.88 Å². The summed E-state index contributed by atoms with van der Waals surface area (Å²) in [6.07, 6.45) is 5.95. The van der Waals surface area contributed by atoms with Crippen LogP contribution in [0.15, 0.2) is 42.1 Å². The van der Waals surface area contributed by atoms with E-state index in [4.69, 9.17) is 9.47 Å². The number of hydrogen-bond donors (Lipinski definition) is 0. The van der Waals surface area contributed by atoms with Crippen molar-refractivity contribution in [3.63, 3.8) is 0 Å². The summed E-state index contributed by atoms with van der Waals surface area (Å²) < 4.78 is 11.3. The highest BCUT2D eigenvalue weighted by Crippen LogP contribution is 2.43. The third kappa shape index (κ3) is 3.32. The first-order chi connectivity index (χ1) is 13.1. The number of methoxy groups -OCH3 is 1. The summed E-state index contributed by atoms with van der Waals surface area (Å²) in [5, 5.41) is 0.983. The molecule has 0 radical (unpaired) electrons. The number of rotatable bonds is 4. The number of carbonyl (C=O) groups excluding carboxylic acids is 1. The Morgan fingerprint density at radius 2 is 2.22 bits per heavy atom. The highest BCUT2D eigenvalue weighted by Gasteiger charge is 2.42. The zero-order valence-corrected chi connectivity index (χ0v) is 16.1. The van der Waals surface area contributed by atoms with Gasteiger partial charge in [-0.25, -0.2) is 0 Å². The van der Waals surface area contributed by atoms with Gasteiger partial charge in [0.15, 0.2) is 0 Å². The number of esters is 1. The van der Waals surface area contributed by atoms with E-state index in [-0.39, 0.29) is 18.1 Å². The number of carbonyl (C=O) groups is 1. The molecule has 5 heteroatoms. The van der Waals surface area contributed by atoms with Gasteiger partial charge in [-0.15, -0.1) is 0 Å². The van der Waals surface area contributed by atoms with Crippen LogP contribution in [0, 0.1) is 5.92 Å². The maximum atomic E-state index is 12.0. The normalized spacial score (nSPS) is 26.9. The number of pyridine rings is 1. The molecule has 1 aromatic heterocycles. The van der Waals surface area contributed by atoms with Crippen molar-refractivity contribution in [3.8, 4) is 5.75 Å². The van der Waals surface area contributed by atoms with Gasteiger partial charge in [-0.2, -0.15) is 0 Å². The van der Waals surface area contributed by atoms with Crippen LogP contribution in [0.4, 0.5) is 0 Å². The zero-order chi connectivity index (χ0) is 19.0. The molecule has 3 fully saturated rings. The molecule has 4 atom stereocenters. The molecule has 4 heterocycles. The Labute approximate surface area is 160 Å². The van der Waals surface area contributed by atoms with E-state index in [1.807, 2.05) is 24.3 Å². The quantitative estimate of drug-likeness (QED) is 0.607. The summed E-state index contributed by atoms with van der Waals surface area (Å²) in [5.41, 5.74) is 3.41. The molecule has 0 aliphatic carbocycles. The summed E-state index contributed by atoms with van der Waals surface area (Å²) in [4.78, 5) is 18.9. The largest absolute Gasteiger partial charge is 0.497 e. The number of benzene rings is 1. The second-order valence-corrected chi connectivity index (χ2v) is 7.44. The first-order valence-electron chi connectivity index (χ1n) is 9.59. The van der Waals surface area contributed by atoms with Crippen LogP contribution in [0.2, 0.25) is 0 Å². The number of fused-ring (bicyclic) bond motifs is 4. The SMILES string of the molecule is C/C=C1\CN2CCC1C[C@H]2[C@H](OC(C)=O)c1ccnc2ccc(OC)cc12. The van der Waals surface area contributed by atoms with E-state index < -0.39 is 0 Å². The Kier molecular flexibility index (Phi) is 4.87. The molecule has 5 nitrogen and oxygen atoms in total. The summed E-state index contributed by atoms with van der Waals surface area (Å²) in [6, 6.07) is 8.02. The van der Waals surface area contributed by atoms with Gasteiger partial charge >= 0.3 is 5.97 Å². The lowest BCUT2D eigenvalue weighted by atomic mass is 9.76. The van der Waals surface area contributed by atoms with E-state index in [2.05, 4.69) is 22.9 Å². The lowest BCUT2D eigenvalue weighted by molar-refractivity contribution is -0.152. The molecule has 0 spiro atoms. The molecule has 142 valence electrons. The molecule has 5 rings (SSSR count). The number of ether oxygens (including phenoxy) is 2. The van der Waals surface area contributed by atoms with Crippen LogP contribution in [-0.4, -0.2) is 42.1 Å². The van der Waals surface area contributed by atoms with Crippen molar-refractivity contribution in [2.75, 3.05) is 20.2 Å². The molecule has 3 aliphatic heterocycles. The molecule has 3 saturated heterocycles. The van der Waals surface area contributed by atoms with E-state index in [0.717, 1.165) is 41.7 Å². The molecule has 27 heavy (non-hydrogen) atoms. The molecular formula is C22H26N2O3. The van der Waals surface area contributed by atoms with E-state index in [0.29, 0.717) is 5.92 Å². The van der Waals surface area contributed by atoms with Gasteiger partial charge < -0.3 is 9.47 Å². The van der Waals surface area contributed by atoms with Gasteiger partial charge in [0.25, 0.3) is 0 Å². The van der Waals surface area contributed by atoms with Gasteiger partial charge in [0.05, 0.1) is 18.7 Å². The van der Waals surface area contributed by atoms with Crippen LogP contribution < -0.4 is 4.74 Å². The molecule has 2 bridgehead atoms. The predicted molar refractivity (Wildman–Crippen MR) is 105 cm³/mol. The van der Waals surface area contributed by atoms with Gasteiger partial charge in [-0.1, -0.05) is 11.6 Å². The maximum Gasteiger partial charge on any atom is 0.303 e. The topological polar surface area (TPSA) is 51.7 Å². The number of allylic oxidation sites excluding steroid dienone is 1. The predicted octanol–water partition coefficient (Wildman–Crippen LogP) is 3.89. The van der Waals surface area contributed by atoms with Crippen molar-refractivity contribution in [1.29, 1.82) is 0 Å². The highest BCUT2D eigenvalue weighted by atomic mass is 16.5.